The molecule has 1 atom stereocenters. The SMILES string of the molecule is CNCC(C)S(=O)(=O)Nc1cc(F)ccc1C. The van der Waals surface area contributed by atoms with Crippen LogP contribution in [0.5, 0.6) is 0 Å². The molecular formula is C11H17FN2O2S. The summed E-state index contributed by atoms with van der Waals surface area (Å²) in [5.41, 5.74) is 0.972. The van der Waals surface area contributed by atoms with Crippen molar-refractivity contribution in [1.82, 2.24) is 5.32 Å². The smallest absolute Gasteiger partial charge is 0.236 e. The third-order valence-electron chi connectivity index (χ3n) is 2.47. The van der Waals surface area contributed by atoms with Gasteiger partial charge in [0.1, 0.15) is 5.82 Å². The van der Waals surface area contributed by atoms with E-state index < -0.39 is 21.1 Å². The maximum absolute atomic E-state index is 13.0. The first-order valence-electron chi connectivity index (χ1n) is 5.29. The van der Waals surface area contributed by atoms with Crippen molar-refractivity contribution < 1.29 is 12.8 Å². The third kappa shape index (κ3) is 3.67. The molecule has 1 rings (SSSR count). The van der Waals surface area contributed by atoms with E-state index in [1.165, 1.54) is 18.2 Å². The highest BCUT2D eigenvalue weighted by molar-refractivity contribution is 7.93. The summed E-state index contributed by atoms with van der Waals surface area (Å²) in [5.74, 6) is -0.463. The van der Waals surface area contributed by atoms with E-state index in [1.807, 2.05) is 0 Å². The molecule has 96 valence electrons. The van der Waals surface area contributed by atoms with Gasteiger partial charge in [0.2, 0.25) is 10.0 Å². The lowest BCUT2D eigenvalue weighted by molar-refractivity contribution is 0.583. The van der Waals surface area contributed by atoms with Gasteiger partial charge in [-0.1, -0.05) is 6.07 Å². The normalized spacial score (nSPS) is 13.4. The standard InChI is InChI=1S/C11H17FN2O2S/c1-8-4-5-10(12)6-11(8)14-17(15,16)9(2)7-13-3/h4-6,9,13-14H,7H2,1-3H3. The molecule has 6 heteroatoms. The Balaban J connectivity index is 2.94. The van der Waals surface area contributed by atoms with Crippen LogP contribution in [-0.4, -0.2) is 27.3 Å². The summed E-state index contributed by atoms with van der Waals surface area (Å²) in [6.45, 7) is 3.65. The zero-order chi connectivity index (χ0) is 13.1. The molecule has 2 N–H and O–H groups in total. The molecule has 0 aliphatic heterocycles. The van der Waals surface area contributed by atoms with Crippen molar-refractivity contribution >= 4 is 15.7 Å². The van der Waals surface area contributed by atoms with E-state index in [4.69, 9.17) is 0 Å². The summed E-state index contributed by atoms with van der Waals surface area (Å²) in [6, 6.07) is 4.01. The first kappa shape index (κ1) is 13.9. The minimum Gasteiger partial charge on any atom is -0.318 e. The number of aryl methyl sites for hydroxylation is 1. The molecule has 0 amide bonds. The van der Waals surface area contributed by atoms with E-state index in [0.717, 1.165) is 0 Å². The predicted octanol–water partition coefficient (Wildman–Crippen LogP) is 1.48. The van der Waals surface area contributed by atoms with Gasteiger partial charge in [0.15, 0.2) is 0 Å². The Bertz CT molecular complexity index is 488. The minimum absolute atomic E-state index is 0.285. The van der Waals surface area contributed by atoms with Crippen LogP contribution < -0.4 is 10.0 Å². The van der Waals surface area contributed by atoms with Crippen LogP contribution in [0.25, 0.3) is 0 Å². The second-order valence-electron chi connectivity index (χ2n) is 3.97. The maximum atomic E-state index is 13.0. The van der Waals surface area contributed by atoms with Crippen molar-refractivity contribution in [2.24, 2.45) is 0 Å². The van der Waals surface area contributed by atoms with Crippen LogP contribution in [0.15, 0.2) is 18.2 Å². The van der Waals surface area contributed by atoms with E-state index in [-0.39, 0.29) is 5.69 Å². The molecule has 0 bridgehead atoms. The average Bonchev–Trinajstić information content (AvgIpc) is 2.23. The second-order valence-corrected chi connectivity index (χ2v) is 6.07. The quantitative estimate of drug-likeness (QED) is 0.843. The van der Waals surface area contributed by atoms with Crippen LogP contribution in [0.2, 0.25) is 0 Å². The highest BCUT2D eigenvalue weighted by Gasteiger charge is 2.20. The topological polar surface area (TPSA) is 58.2 Å². The van der Waals surface area contributed by atoms with E-state index in [0.29, 0.717) is 12.1 Å². The van der Waals surface area contributed by atoms with Crippen LogP contribution in [0.1, 0.15) is 12.5 Å². The number of hydrogen-bond donors (Lipinski definition) is 2. The van der Waals surface area contributed by atoms with Crippen molar-refractivity contribution in [1.29, 1.82) is 0 Å². The lowest BCUT2D eigenvalue weighted by atomic mass is 10.2. The first-order chi connectivity index (χ1) is 7.86. The van der Waals surface area contributed by atoms with Crippen molar-refractivity contribution in [2.45, 2.75) is 19.1 Å². The monoisotopic (exact) mass is 260 g/mol. The van der Waals surface area contributed by atoms with Gasteiger partial charge in [0.05, 0.1) is 10.9 Å². The van der Waals surface area contributed by atoms with E-state index in [2.05, 4.69) is 10.0 Å². The number of nitrogens with one attached hydrogen (secondary N) is 2. The molecule has 0 saturated heterocycles. The summed E-state index contributed by atoms with van der Waals surface area (Å²) in [6.07, 6.45) is 0. The van der Waals surface area contributed by atoms with Crippen LogP contribution >= 0.6 is 0 Å². The highest BCUT2D eigenvalue weighted by atomic mass is 32.2. The Hall–Kier alpha value is -1.14. The van der Waals surface area contributed by atoms with E-state index in [9.17, 15) is 12.8 Å². The van der Waals surface area contributed by atoms with Gasteiger partial charge < -0.3 is 5.32 Å². The Morgan fingerprint density at radius 3 is 2.65 bits per heavy atom. The third-order valence-corrected chi connectivity index (χ3v) is 4.20. The second kappa shape index (κ2) is 5.46. The minimum atomic E-state index is -3.49. The van der Waals surface area contributed by atoms with Crippen LogP contribution in [0.3, 0.4) is 0 Å². The Labute approximate surface area is 101 Å². The van der Waals surface area contributed by atoms with Crippen molar-refractivity contribution in [3.63, 3.8) is 0 Å². The number of sulfonamides is 1. The molecule has 4 nitrogen and oxygen atoms in total. The van der Waals surface area contributed by atoms with E-state index in [1.54, 1.807) is 20.9 Å². The summed E-state index contributed by atoms with van der Waals surface area (Å²) in [5, 5.41) is 2.20. The number of rotatable bonds is 5. The fourth-order valence-electron chi connectivity index (χ4n) is 1.36. The first-order valence-corrected chi connectivity index (χ1v) is 6.84. The average molecular weight is 260 g/mol. The number of halogens is 1. The fraction of sp³-hybridized carbons (Fsp3) is 0.455. The summed E-state index contributed by atoms with van der Waals surface area (Å²) in [4.78, 5) is 0. The molecule has 0 spiro atoms. The molecule has 0 aromatic heterocycles. The maximum Gasteiger partial charge on any atom is 0.236 e. The summed E-state index contributed by atoms with van der Waals surface area (Å²) >= 11 is 0. The number of hydrogen-bond acceptors (Lipinski definition) is 3. The van der Waals surface area contributed by atoms with Gasteiger partial charge in [-0.15, -0.1) is 0 Å². The molecule has 1 aromatic carbocycles. The molecule has 0 heterocycles. The molecular weight excluding hydrogens is 243 g/mol. The van der Waals surface area contributed by atoms with Crippen LogP contribution in [0, 0.1) is 12.7 Å². The van der Waals surface area contributed by atoms with E-state index >= 15 is 0 Å². The number of anilines is 1. The molecule has 0 radical (unpaired) electrons. The van der Waals surface area contributed by atoms with Gasteiger partial charge in [0, 0.05) is 6.54 Å². The molecule has 1 unspecified atom stereocenters. The molecule has 17 heavy (non-hydrogen) atoms. The molecule has 0 fully saturated rings. The van der Waals surface area contributed by atoms with Gasteiger partial charge in [-0.2, -0.15) is 0 Å². The van der Waals surface area contributed by atoms with Gasteiger partial charge >= 0.3 is 0 Å². The van der Waals surface area contributed by atoms with Gasteiger partial charge in [-0.25, -0.2) is 12.8 Å². The van der Waals surface area contributed by atoms with Crippen molar-refractivity contribution in [3.05, 3.63) is 29.6 Å². The highest BCUT2D eigenvalue weighted by Crippen LogP contribution is 2.18. The predicted molar refractivity (Wildman–Crippen MR) is 67.1 cm³/mol. The van der Waals surface area contributed by atoms with Gasteiger partial charge in [0.25, 0.3) is 0 Å². The lowest BCUT2D eigenvalue weighted by Crippen LogP contribution is -2.33. The Morgan fingerprint density at radius 2 is 2.06 bits per heavy atom. The van der Waals surface area contributed by atoms with Gasteiger partial charge in [-0.3, -0.25) is 4.72 Å². The summed E-state index contributed by atoms with van der Waals surface area (Å²) in [7, 11) is -1.81. The van der Waals surface area contributed by atoms with Crippen LogP contribution in [-0.2, 0) is 10.0 Å². The van der Waals surface area contributed by atoms with Crippen molar-refractivity contribution in [3.8, 4) is 0 Å². The number of benzene rings is 1. The fourth-order valence-corrected chi connectivity index (χ4v) is 2.47. The summed E-state index contributed by atoms with van der Waals surface area (Å²) < 4.78 is 39.2. The molecule has 0 aliphatic carbocycles. The largest absolute Gasteiger partial charge is 0.318 e. The Kier molecular flexibility index (Phi) is 4.47. The molecule has 1 aromatic rings. The van der Waals surface area contributed by atoms with Crippen LogP contribution in [0.4, 0.5) is 10.1 Å². The Morgan fingerprint density at radius 1 is 1.41 bits per heavy atom. The molecule has 0 aliphatic rings. The zero-order valence-electron chi connectivity index (χ0n) is 10.1. The lowest BCUT2D eigenvalue weighted by Gasteiger charge is -2.15. The zero-order valence-corrected chi connectivity index (χ0v) is 10.9. The van der Waals surface area contributed by atoms with Gasteiger partial charge in [-0.05, 0) is 38.6 Å². The van der Waals surface area contributed by atoms with Crippen molar-refractivity contribution in [2.75, 3.05) is 18.3 Å². The molecule has 0 saturated carbocycles.